The summed E-state index contributed by atoms with van der Waals surface area (Å²) in [5.74, 6) is 0.557. The standard InChI is InChI=1S/C15H23N3O2S/c1-10(2)14(19)17-11-4-6-12(7-5-11)18-15(20)13(16)8-9-21-3/h4-7,10,13H,8-9,16H2,1-3H3,(H,17,19)(H,18,20)/t13-/m0/s1. The molecular weight excluding hydrogens is 286 g/mol. The summed E-state index contributed by atoms with van der Waals surface area (Å²) in [6.07, 6.45) is 2.63. The highest BCUT2D eigenvalue weighted by atomic mass is 32.2. The van der Waals surface area contributed by atoms with Crippen LogP contribution in [0.3, 0.4) is 0 Å². The zero-order valence-electron chi connectivity index (χ0n) is 12.7. The van der Waals surface area contributed by atoms with Crippen molar-refractivity contribution in [3.05, 3.63) is 24.3 Å². The number of amides is 2. The van der Waals surface area contributed by atoms with Gasteiger partial charge >= 0.3 is 0 Å². The maximum Gasteiger partial charge on any atom is 0.241 e. The number of nitrogens with two attached hydrogens (primary N) is 1. The second kappa shape index (κ2) is 8.69. The Morgan fingerprint density at radius 1 is 1.10 bits per heavy atom. The fraction of sp³-hybridized carbons (Fsp3) is 0.467. The lowest BCUT2D eigenvalue weighted by Gasteiger charge is -2.12. The molecule has 0 aliphatic rings. The van der Waals surface area contributed by atoms with Gasteiger partial charge in [0, 0.05) is 17.3 Å². The lowest BCUT2D eigenvalue weighted by molar-refractivity contribution is -0.119. The third-order valence-electron chi connectivity index (χ3n) is 2.91. The monoisotopic (exact) mass is 309 g/mol. The van der Waals surface area contributed by atoms with E-state index in [1.54, 1.807) is 36.0 Å². The van der Waals surface area contributed by atoms with Crippen molar-refractivity contribution in [1.82, 2.24) is 0 Å². The van der Waals surface area contributed by atoms with Crippen LogP contribution in [0.2, 0.25) is 0 Å². The average Bonchev–Trinajstić information content (AvgIpc) is 2.46. The summed E-state index contributed by atoms with van der Waals surface area (Å²) in [4.78, 5) is 23.4. The molecule has 1 aromatic rings. The lowest BCUT2D eigenvalue weighted by Crippen LogP contribution is -2.36. The molecule has 0 bridgehead atoms. The van der Waals surface area contributed by atoms with Gasteiger partial charge in [-0.05, 0) is 42.7 Å². The van der Waals surface area contributed by atoms with Crippen molar-refractivity contribution >= 4 is 35.0 Å². The first kappa shape index (κ1) is 17.5. The van der Waals surface area contributed by atoms with Gasteiger partial charge in [0.05, 0.1) is 6.04 Å². The van der Waals surface area contributed by atoms with Gasteiger partial charge < -0.3 is 16.4 Å². The van der Waals surface area contributed by atoms with Gasteiger partial charge in [-0.1, -0.05) is 13.8 Å². The number of benzene rings is 1. The summed E-state index contributed by atoms with van der Waals surface area (Å²) >= 11 is 1.66. The Morgan fingerprint density at radius 2 is 1.57 bits per heavy atom. The molecule has 2 amide bonds. The van der Waals surface area contributed by atoms with Gasteiger partial charge in [-0.3, -0.25) is 9.59 Å². The van der Waals surface area contributed by atoms with Crippen molar-refractivity contribution in [3.8, 4) is 0 Å². The van der Waals surface area contributed by atoms with Crippen LogP contribution >= 0.6 is 11.8 Å². The topological polar surface area (TPSA) is 84.2 Å². The Bertz CT molecular complexity index is 474. The minimum Gasteiger partial charge on any atom is -0.326 e. The van der Waals surface area contributed by atoms with Crippen molar-refractivity contribution in [2.24, 2.45) is 11.7 Å². The second-order valence-corrected chi connectivity index (χ2v) is 6.08. The predicted octanol–water partition coefficient (Wildman–Crippen LogP) is 2.30. The molecule has 0 spiro atoms. The Hall–Kier alpha value is -1.53. The van der Waals surface area contributed by atoms with E-state index in [0.717, 1.165) is 5.75 Å². The highest BCUT2D eigenvalue weighted by molar-refractivity contribution is 7.98. The number of anilines is 2. The summed E-state index contributed by atoms with van der Waals surface area (Å²) in [7, 11) is 0. The van der Waals surface area contributed by atoms with Gasteiger partial charge in [0.2, 0.25) is 11.8 Å². The van der Waals surface area contributed by atoms with E-state index in [1.165, 1.54) is 0 Å². The molecule has 0 unspecified atom stereocenters. The summed E-state index contributed by atoms with van der Waals surface area (Å²) in [6.45, 7) is 3.67. The molecule has 0 saturated heterocycles. The molecule has 0 aromatic heterocycles. The Morgan fingerprint density at radius 3 is 2.00 bits per heavy atom. The number of thioether (sulfide) groups is 1. The van der Waals surface area contributed by atoms with E-state index in [4.69, 9.17) is 5.73 Å². The molecule has 4 N–H and O–H groups in total. The Labute approximate surface area is 130 Å². The van der Waals surface area contributed by atoms with Crippen LogP contribution in [-0.4, -0.2) is 29.9 Å². The minimum atomic E-state index is -0.502. The normalized spacial score (nSPS) is 12.0. The molecule has 0 fully saturated rings. The molecule has 5 nitrogen and oxygen atoms in total. The van der Waals surface area contributed by atoms with Crippen molar-refractivity contribution in [2.45, 2.75) is 26.3 Å². The zero-order chi connectivity index (χ0) is 15.8. The molecule has 21 heavy (non-hydrogen) atoms. The molecule has 1 atom stereocenters. The summed E-state index contributed by atoms with van der Waals surface area (Å²) < 4.78 is 0. The summed E-state index contributed by atoms with van der Waals surface area (Å²) in [5.41, 5.74) is 7.17. The molecule has 1 aromatic carbocycles. The van der Waals surface area contributed by atoms with Gasteiger partial charge in [0.1, 0.15) is 0 Å². The number of hydrogen-bond acceptors (Lipinski definition) is 4. The molecule has 6 heteroatoms. The second-order valence-electron chi connectivity index (χ2n) is 5.10. The lowest BCUT2D eigenvalue weighted by atomic mass is 10.2. The number of rotatable bonds is 7. The van der Waals surface area contributed by atoms with Gasteiger partial charge in [-0.2, -0.15) is 11.8 Å². The molecule has 0 heterocycles. The molecular formula is C15H23N3O2S. The zero-order valence-corrected chi connectivity index (χ0v) is 13.5. The average molecular weight is 309 g/mol. The van der Waals surface area contributed by atoms with Crippen LogP contribution in [-0.2, 0) is 9.59 Å². The first-order chi connectivity index (χ1) is 9.93. The SMILES string of the molecule is CSCC[C@H](N)C(=O)Nc1ccc(NC(=O)C(C)C)cc1. The first-order valence-corrected chi connectivity index (χ1v) is 8.29. The van der Waals surface area contributed by atoms with Crippen LogP contribution in [0.5, 0.6) is 0 Å². The first-order valence-electron chi connectivity index (χ1n) is 6.90. The van der Waals surface area contributed by atoms with Gasteiger partial charge in [0.15, 0.2) is 0 Å². The predicted molar refractivity (Wildman–Crippen MR) is 89.5 cm³/mol. The molecule has 1 rings (SSSR count). The Kier molecular flexibility index (Phi) is 7.25. The smallest absolute Gasteiger partial charge is 0.241 e. The van der Waals surface area contributed by atoms with Crippen LogP contribution in [0.4, 0.5) is 11.4 Å². The number of carbonyl (C=O) groups is 2. The molecule has 0 aliphatic carbocycles. The van der Waals surface area contributed by atoms with Crippen molar-refractivity contribution < 1.29 is 9.59 Å². The molecule has 0 saturated carbocycles. The Balaban J connectivity index is 2.54. The van der Waals surface area contributed by atoms with E-state index in [9.17, 15) is 9.59 Å². The fourth-order valence-corrected chi connectivity index (χ4v) is 2.02. The molecule has 0 aliphatic heterocycles. The number of carbonyl (C=O) groups excluding carboxylic acids is 2. The van der Waals surface area contributed by atoms with Crippen molar-refractivity contribution in [2.75, 3.05) is 22.6 Å². The maximum atomic E-state index is 11.9. The van der Waals surface area contributed by atoms with Crippen LogP contribution < -0.4 is 16.4 Å². The highest BCUT2D eigenvalue weighted by Crippen LogP contribution is 2.15. The van der Waals surface area contributed by atoms with E-state index in [1.807, 2.05) is 20.1 Å². The van der Waals surface area contributed by atoms with E-state index < -0.39 is 6.04 Å². The summed E-state index contributed by atoms with van der Waals surface area (Å²) in [5, 5.41) is 5.56. The van der Waals surface area contributed by atoms with Crippen molar-refractivity contribution in [1.29, 1.82) is 0 Å². The van der Waals surface area contributed by atoms with Gasteiger partial charge in [-0.25, -0.2) is 0 Å². The van der Waals surface area contributed by atoms with Crippen LogP contribution in [0.25, 0.3) is 0 Å². The highest BCUT2D eigenvalue weighted by Gasteiger charge is 2.13. The van der Waals surface area contributed by atoms with Gasteiger partial charge in [-0.15, -0.1) is 0 Å². The van der Waals surface area contributed by atoms with Crippen LogP contribution in [0.1, 0.15) is 20.3 Å². The minimum absolute atomic E-state index is 0.0362. The van der Waals surface area contributed by atoms with Crippen LogP contribution in [0, 0.1) is 5.92 Å². The molecule has 0 radical (unpaired) electrons. The third kappa shape index (κ3) is 6.18. The van der Waals surface area contributed by atoms with Crippen LogP contribution in [0.15, 0.2) is 24.3 Å². The van der Waals surface area contributed by atoms with Crippen molar-refractivity contribution in [3.63, 3.8) is 0 Å². The van der Waals surface area contributed by atoms with E-state index >= 15 is 0 Å². The maximum absolute atomic E-state index is 11.9. The van der Waals surface area contributed by atoms with E-state index in [-0.39, 0.29) is 17.7 Å². The molecule has 116 valence electrons. The number of hydrogen-bond donors (Lipinski definition) is 3. The summed E-state index contributed by atoms with van der Waals surface area (Å²) in [6, 6.07) is 6.49. The quantitative estimate of drug-likeness (QED) is 0.721. The largest absolute Gasteiger partial charge is 0.326 e. The van der Waals surface area contributed by atoms with E-state index in [2.05, 4.69) is 10.6 Å². The fourth-order valence-electron chi connectivity index (χ4n) is 1.53. The number of nitrogens with one attached hydrogen (secondary N) is 2. The third-order valence-corrected chi connectivity index (χ3v) is 3.56. The van der Waals surface area contributed by atoms with E-state index in [0.29, 0.717) is 17.8 Å². The van der Waals surface area contributed by atoms with Gasteiger partial charge in [0.25, 0.3) is 0 Å².